The van der Waals surface area contributed by atoms with Crippen LogP contribution in [0.2, 0.25) is 5.02 Å². The highest BCUT2D eigenvalue weighted by molar-refractivity contribution is 7.99. The largest absolute Gasteiger partial charge is 0.289 e. The molecule has 36 heavy (non-hydrogen) atoms. The normalized spacial score (nSPS) is 11.0. The van der Waals surface area contributed by atoms with E-state index in [4.69, 9.17) is 11.6 Å². The Balaban J connectivity index is 1.36. The molecule has 176 valence electrons. The van der Waals surface area contributed by atoms with Crippen LogP contribution < -0.4 is 0 Å². The van der Waals surface area contributed by atoms with Crippen molar-refractivity contribution in [1.82, 2.24) is 0 Å². The molecule has 5 aromatic carbocycles. The van der Waals surface area contributed by atoms with Crippen molar-refractivity contribution in [3.63, 3.8) is 0 Å². The molecule has 0 bridgehead atoms. The summed E-state index contributed by atoms with van der Waals surface area (Å²) in [4.78, 5) is 18.7. The molecular formula is C32H24ClOS2+. The van der Waals surface area contributed by atoms with Gasteiger partial charge in [-0.3, -0.25) is 4.79 Å². The lowest BCUT2D eigenvalue weighted by Gasteiger charge is -2.10. The van der Waals surface area contributed by atoms with Crippen LogP contribution in [0.4, 0.5) is 0 Å². The van der Waals surface area contributed by atoms with Crippen LogP contribution in [0.5, 0.6) is 0 Å². The van der Waals surface area contributed by atoms with Gasteiger partial charge in [0, 0.05) is 20.9 Å². The molecule has 0 aliphatic rings. The van der Waals surface area contributed by atoms with Gasteiger partial charge in [0.1, 0.15) is 0 Å². The number of hydrogen-bond acceptors (Lipinski definition) is 2. The van der Waals surface area contributed by atoms with E-state index in [0.29, 0.717) is 16.1 Å². The first-order chi connectivity index (χ1) is 17.6. The summed E-state index contributed by atoms with van der Waals surface area (Å²) >= 11 is 8.21. The minimum absolute atomic E-state index is 0.0216. The van der Waals surface area contributed by atoms with Gasteiger partial charge < -0.3 is 0 Å². The van der Waals surface area contributed by atoms with Crippen molar-refractivity contribution in [1.29, 1.82) is 0 Å². The van der Waals surface area contributed by atoms with E-state index in [1.54, 1.807) is 17.8 Å². The SMILES string of the molecule is Cc1ccc(C(=O)c2ccc(Sc3ccc([S+](c4ccccc4)c4ccccc4)cc3)c(Cl)c2)cc1. The smallest absolute Gasteiger partial charge is 0.193 e. The number of rotatable bonds is 7. The van der Waals surface area contributed by atoms with Crippen LogP contribution in [0, 0.1) is 6.92 Å². The predicted molar refractivity (Wildman–Crippen MR) is 152 cm³/mol. The number of halogens is 1. The molecule has 0 aliphatic carbocycles. The van der Waals surface area contributed by atoms with Gasteiger partial charge in [0.25, 0.3) is 0 Å². The fourth-order valence-electron chi connectivity index (χ4n) is 3.89. The number of ketones is 1. The van der Waals surface area contributed by atoms with Crippen molar-refractivity contribution in [3.05, 3.63) is 149 Å². The maximum absolute atomic E-state index is 12.8. The zero-order valence-corrected chi connectivity index (χ0v) is 22.1. The maximum Gasteiger partial charge on any atom is 0.193 e. The highest BCUT2D eigenvalue weighted by Crippen LogP contribution is 2.36. The number of benzene rings is 5. The summed E-state index contributed by atoms with van der Waals surface area (Å²) in [5.74, 6) is -0.0216. The molecule has 0 spiro atoms. The first kappa shape index (κ1) is 24.5. The summed E-state index contributed by atoms with van der Waals surface area (Å²) < 4.78 is 0. The minimum Gasteiger partial charge on any atom is -0.289 e. The Bertz CT molecular complexity index is 1430. The van der Waals surface area contributed by atoms with Crippen LogP contribution in [-0.4, -0.2) is 5.78 Å². The van der Waals surface area contributed by atoms with Gasteiger partial charge in [0.05, 0.1) is 15.9 Å². The van der Waals surface area contributed by atoms with Crippen LogP contribution in [-0.2, 0) is 10.9 Å². The fourth-order valence-corrected chi connectivity index (χ4v) is 7.09. The van der Waals surface area contributed by atoms with Gasteiger partial charge >= 0.3 is 0 Å². The Morgan fingerprint density at radius 1 is 0.639 bits per heavy atom. The van der Waals surface area contributed by atoms with Gasteiger partial charge in [0.15, 0.2) is 20.5 Å². The molecule has 0 saturated heterocycles. The van der Waals surface area contributed by atoms with E-state index in [0.717, 1.165) is 15.4 Å². The Kier molecular flexibility index (Phi) is 7.62. The molecule has 0 unspecified atom stereocenters. The van der Waals surface area contributed by atoms with Gasteiger partial charge in [-0.2, -0.15) is 0 Å². The van der Waals surface area contributed by atoms with Crippen molar-refractivity contribution in [3.8, 4) is 0 Å². The molecule has 5 rings (SSSR count). The summed E-state index contributed by atoms with van der Waals surface area (Å²) in [6.45, 7) is 2.01. The molecule has 0 N–H and O–H groups in total. The molecule has 0 fully saturated rings. The summed E-state index contributed by atoms with van der Waals surface area (Å²) in [6.07, 6.45) is 0. The third kappa shape index (κ3) is 5.60. The Labute approximate surface area is 224 Å². The van der Waals surface area contributed by atoms with Gasteiger partial charge in [-0.05, 0) is 73.7 Å². The minimum atomic E-state index is -0.175. The van der Waals surface area contributed by atoms with Crippen LogP contribution in [0.3, 0.4) is 0 Å². The van der Waals surface area contributed by atoms with Gasteiger partial charge in [-0.15, -0.1) is 0 Å². The average molecular weight is 524 g/mol. The highest BCUT2D eigenvalue weighted by atomic mass is 35.5. The van der Waals surface area contributed by atoms with Crippen LogP contribution in [0.1, 0.15) is 21.5 Å². The molecule has 0 aliphatic heterocycles. The summed E-state index contributed by atoms with van der Waals surface area (Å²) in [5, 5.41) is 0.579. The van der Waals surface area contributed by atoms with Crippen molar-refractivity contribution in [2.75, 3.05) is 0 Å². The quantitative estimate of drug-likeness (QED) is 0.156. The van der Waals surface area contributed by atoms with E-state index >= 15 is 0 Å². The number of hydrogen-bond donors (Lipinski definition) is 0. The lowest BCUT2D eigenvalue weighted by Crippen LogP contribution is -2.04. The molecule has 0 heterocycles. The summed E-state index contributed by atoms with van der Waals surface area (Å²) in [6, 6.07) is 43.1. The molecule has 0 amide bonds. The topological polar surface area (TPSA) is 17.1 Å². The fraction of sp³-hybridized carbons (Fsp3) is 0.0312. The number of aryl methyl sites for hydroxylation is 1. The first-order valence-electron chi connectivity index (χ1n) is 11.6. The Morgan fingerprint density at radius 3 is 1.72 bits per heavy atom. The number of carbonyl (C=O) groups is 1. The van der Waals surface area contributed by atoms with E-state index in [2.05, 4.69) is 84.9 Å². The second-order valence-corrected chi connectivity index (χ2v) is 11.9. The molecule has 5 aromatic rings. The van der Waals surface area contributed by atoms with E-state index in [9.17, 15) is 4.79 Å². The predicted octanol–water partition coefficient (Wildman–Crippen LogP) is 9.13. The van der Waals surface area contributed by atoms with Gasteiger partial charge in [-0.25, -0.2) is 0 Å². The van der Waals surface area contributed by atoms with Gasteiger partial charge in [-0.1, -0.05) is 89.6 Å². The zero-order chi connectivity index (χ0) is 24.9. The standard InChI is InChI=1S/C32H24ClOS2/c1-23-12-14-24(15-13-23)32(34)25-16-21-31(30(33)22-25)35-26-17-19-29(20-18-26)36(27-8-4-2-5-9-27)28-10-6-3-7-11-28/h2-22H,1H3/q+1. The molecule has 0 atom stereocenters. The molecular weight excluding hydrogens is 500 g/mol. The van der Waals surface area contributed by atoms with Crippen molar-refractivity contribution in [2.24, 2.45) is 0 Å². The van der Waals surface area contributed by atoms with E-state index < -0.39 is 0 Å². The zero-order valence-electron chi connectivity index (χ0n) is 19.7. The number of carbonyl (C=O) groups excluding carboxylic acids is 1. The molecule has 1 nitrogen and oxygen atoms in total. The van der Waals surface area contributed by atoms with E-state index in [-0.39, 0.29) is 16.7 Å². The third-order valence-electron chi connectivity index (χ3n) is 5.75. The molecule has 0 radical (unpaired) electrons. The third-order valence-corrected chi connectivity index (χ3v) is 9.49. The monoisotopic (exact) mass is 523 g/mol. The van der Waals surface area contributed by atoms with Crippen LogP contribution in [0.25, 0.3) is 0 Å². The Hall–Kier alpha value is -3.24. The van der Waals surface area contributed by atoms with E-state index in [1.807, 2.05) is 43.3 Å². The molecule has 0 saturated carbocycles. The van der Waals surface area contributed by atoms with Crippen LogP contribution >= 0.6 is 23.4 Å². The first-order valence-corrected chi connectivity index (χ1v) is 14.0. The lowest BCUT2D eigenvalue weighted by atomic mass is 10.0. The lowest BCUT2D eigenvalue weighted by molar-refractivity contribution is 0.103. The molecule has 4 heteroatoms. The van der Waals surface area contributed by atoms with Crippen molar-refractivity contribution >= 4 is 40.0 Å². The second-order valence-electron chi connectivity index (χ2n) is 8.35. The summed E-state index contributed by atoms with van der Waals surface area (Å²) in [5.41, 5.74) is 2.39. The highest BCUT2D eigenvalue weighted by Gasteiger charge is 2.28. The molecule has 0 aromatic heterocycles. The average Bonchev–Trinajstić information content (AvgIpc) is 2.92. The second kappa shape index (κ2) is 11.2. The van der Waals surface area contributed by atoms with Crippen LogP contribution in [0.15, 0.2) is 152 Å². The van der Waals surface area contributed by atoms with Crippen molar-refractivity contribution < 1.29 is 4.79 Å². The Morgan fingerprint density at radius 2 is 1.17 bits per heavy atom. The van der Waals surface area contributed by atoms with Gasteiger partial charge in [0.2, 0.25) is 0 Å². The maximum atomic E-state index is 12.8. The summed E-state index contributed by atoms with van der Waals surface area (Å²) in [7, 11) is -0.175. The van der Waals surface area contributed by atoms with Crippen molar-refractivity contribution in [2.45, 2.75) is 31.4 Å². The van der Waals surface area contributed by atoms with E-state index in [1.165, 1.54) is 14.7 Å².